The maximum Gasteiger partial charge on any atom is 0.339 e. The van der Waals surface area contributed by atoms with E-state index in [1.807, 2.05) is 30.3 Å². The van der Waals surface area contributed by atoms with Gasteiger partial charge in [-0.15, -0.1) is 0 Å². The Morgan fingerprint density at radius 1 is 1.35 bits per heavy atom. The smallest absolute Gasteiger partial charge is 0.339 e. The number of rotatable bonds is 4. The van der Waals surface area contributed by atoms with Crippen LogP contribution in [0.1, 0.15) is 25.8 Å². The Labute approximate surface area is 119 Å². The van der Waals surface area contributed by atoms with Gasteiger partial charge in [0.2, 0.25) is 0 Å². The summed E-state index contributed by atoms with van der Waals surface area (Å²) in [7, 11) is 0. The number of benzene rings is 1. The van der Waals surface area contributed by atoms with Gasteiger partial charge in [-0.2, -0.15) is 0 Å². The lowest BCUT2D eigenvalue weighted by molar-refractivity contribution is -0.153. The Hall–Kier alpha value is -1.87. The Morgan fingerprint density at radius 3 is 2.65 bits per heavy atom. The largest absolute Gasteiger partial charge is 0.464 e. The molecule has 1 aliphatic rings. The summed E-state index contributed by atoms with van der Waals surface area (Å²) < 4.78 is 10.7. The summed E-state index contributed by atoms with van der Waals surface area (Å²) in [6.07, 6.45) is 0.153. The molecule has 0 saturated heterocycles. The number of hydrogen-bond acceptors (Lipinski definition) is 3. The summed E-state index contributed by atoms with van der Waals surface area (Å²) in [5.41, 5.74) is 4.04. The van der Waals surface area contributed by atoms with Crippen LogP contribution in [0.3, 0.4) is 0 Å². The van der Waals surface area contributed by atoms with Crippen LogP contribution in [0.25, 0.3) is 5.57 Å². The van der Waals surface area contributed by atoms with Gasteiger partial charge in [0.15, 0.2) is 6.10 Å². The summed E-state index contributed by atoms with van der Waals surface area (Å²) in [6, 6.07) is 10.1. The number of ether oxygens (including phenoxy) is 2. The molecule has 2 rings (SSSR count). The maximum atomic E-state index is 11.9. The third-order valence-electron chi connectivity index (χ3n) is 3.44. The molecule has 106 valence electrons. The third-order valence-corrected chi connectivity index (χ3v) is 3.44. The van der Waals surface area contributed by atoms with Crippen molar-refractivity contribution in [3.63, 3.8) is 0 Å². The first-order valence-electron chi connectivity index (χ1n) is 6.93. The van der Waals surface area contributed by atoms with E-state index in [4.69, 9.17) is 9.47 Å². The Morgan fingerprint density at radius 2 is 2.05 bits per heavy atom. The molecule has 1 heterocycles. The maximum absolute atomic E-state index is 11.9. The quantitative estimate of drug-likeness (QED) is 0.788. The van der Waals surface area contributed by atoms with E-state index in [1.165, 1.54) is 0 Å². The fraction of sp³-hybridized carbons (Fsp3) is 0.353. The van der Waals surface area contributed by atoms with Crippen LogP contribution in [-0.2, 0) is 14.3 Å². The monoisotopic (exact) mass is 272 g/mol. The van der Waals surface area contributed by atoms with Crippen molar-refractivity contribution in [1.82, 2.24) is 0 Å². The van der Waals surface area contributed by atoms with E-state index in [0.29, 0.717) is 13.2 Å². The lowest BCUT2D eigenvalue weighted by atomic mass is 9.89. The summed E-state index contributed by atoms with van der Waals surface area (Å²) in [4.78, 5) is 11.9. The van der Waals surface area contributed by atoms with Gasteiger partial charge in [0.1, 0.15) is 0 Å². The predicted octanol–water partition coefficient (Wildman–Crippen LogP) is 3.37. The van der Waals surface area contributed by atoms with E-state index in [0.717, 1.165) is 28.7 Å². The highest BCUT2D eigenvalue weighted by atomic mass is 16.6. The highest BCUT2D eigenvalue weighted by Gasteiger charge is 2.31. The van der Waals surface area contributed by atoms with Crippen LogP contribution >= 0.6 is 0 Å². The van der Waals surface area contributed by atoms with Crippen molar-refractivity contribution in [2.75, 3.05) is 13.2 Å². The molecule has 3 nitrogen and oxygen atoms in total. The van der Waals surface area contributed by atoms with Crippen molar-refractivity contribution < 1.29 is 14.3 Å². The minimum Gasteiger partial charge on any atom is -0.464 e. The third kappa shape index (κ3) is 2.83. The molecule has 1 atom stereocenters. The van der Waals surface area contributed by atoms with Crippen molar-refractivity contribution in [2.45, 2.75) is 26.4 Å². The van der Waals surface area contributed by atoms with Gasteiger partial charge in [-0.25, -0.2) is 4.79 Å². The Bertz CT molecular complexity index is 528. The second-order valence-electron chi connectivity index (χ2n) is 4.65. The van der Waals surface area contributed by atoms with E-state index < -0.39 is 6.10 Å². The van der Waals surface area contributed by atoms with Gasteiger partial charge in [-0.3, -0.25) is 0 Å². The molecule has 20 heavy (non-hydrogen) atoms. The van der Waals surface area contributed by atoms with Crippen molar-refractivity contribution in [2.24, 2.45) is 0 Å². The number of esters is 1. The summed E-state index contributed by atoms with van der Waals surface area (Å²) in [5, 5.41) is 0. The highest BCUT2D eigenvalue weighted by molar-refractivity contribution is 5.84. The van der Waals surface area contributed by atoms with Crippen molar-refractivity contribution in [3.05, 3.63) is 53.6 Å². The number of carbonyl (C=O) groups excluding carboxylic acids is 1. The van der Waals surface area contributed by atoms with Crippen LogP contribution < -0.4 is 0 Å². The van der Waals surface area contributed by atoms with E-state index in [2.05, 4.69) is 13.5 Å². The van der Waals surface area contributed by atoms with E-state index in [1.54, 1.807) is 6.92 Å². The minimum absolute atomic E-state index is 0.350. The molecule has 1 aromatic carbocycles. The molecular formula is C17H20O3. The second kappa shape index (κ2) is 6.53. The Kier molecular flexibility index (Phi) is 4.74. The molecule has 0 N–H and O–H groups in total. The van der Waals surface area contributed by atoms with Gasteiger partial charge in [0, 0.05) is 0 Å². The molecule has 0 aliphatic carbocycles. The van der Waals surface area contributed by atoms with Crippen molar-refractivity contribution in [3.8, 4) is 0 Å². The van der Waals surface area contributed by atoms with Crippen LogP contribution in [0.2, 0.25) is 0 Å². The summed E-state index contributed by atoms with van der Waals surface area (Å²) in [6.45, 7) is 8.66. The molecule has 1 unspecified atom stereocenters. The molecule has 1 aliphatic heterocycles. The van der Waals surface area contributed by atoms with Gasteiger partial charge >= 0.3 is 5.97 Å². The van der Waals surface area contributed by atoms with Gasteiger partial charge in [-0.1, -0.05) is 43.8 Å². The lowest BCUT2D eigenvalue weighted by Gasteiger charge is -2.28. The van der Waals surface area contributed by atoms with Crippen LogP contribution in [0.5, 0.6) is 0 Å². The molecule has 0 radical (unpaired) electrons. The van der Waals surface area contributed by atoms with Gasteiger partial charge < -0.3 is 9.47 Å². The second-order valence-corrected chi connectivity index (χ2v) is 4.65. The van der Waals surface area contributed by atoms with E-state index >= 15 is 0 Å². The molecule has 0 saturated carbocycles. The van der Waals surface area contributed by atoms with Crippen LogP contribution in [-0.4, -0.2) is 25.3 Å². The average molecular weight is 272 g/mol. The zero-order chi connectivity index (χ0) is 14.5. The zero-order valence-electron chi connectivity index (χ0n) is 12.0. The SMILES string of the molecule is C=C1C(CC)=C(c2ccccc2)COC1C(=O)OCC. The van der Waals surface area contributed by atoms with E-state index in [-0.39, 0.29) is 5.97 Å². The molecular weight excluding hydrogens is 252 g/mol. The van der Waals surface area contributed by atoms with Crippen LogP contribution in [0.4, 0.5) is 0 Å². The highest BCUT2D eigenvalue weighted by Crippen LogP contribution is 2.33. The molecule has 0 spiro atoms. The fourth-order valence-corrected chi connectivity index (χ4v) is 2.47. The first-order chi connectivity index (χ1) is 9.69. The van der Waals surface area contributed by atoms with Crippen LogP contribution in [0, 0.1) is 0 Å². The summed E-state index contributed by atoms with van der Waals surface area (Å²) >= 11 is 0. The standard InChI is InChI=1S/C17H20O3/c1-4-14-12(3)16(17(18)19-5-2)20-11-15(14)13-9-7-6-8-10-13/h6-10,16H,3-5,11H2,1-2H3. The first kappa shape index (κ1) is 14.5. The molecule has 0 aromatic heterocycles. The normalized spacial score (nSPS) is 19.1. The topological polar surface area (TPSA) is 35.5 Å². The number of carbonyl (C=O) groups is 1. The van der Waals surface area contributed by atoms with E-state index in [9.17, 15) is 4.79 Å². The summed E-state index contributed by atoms with van der Waals surface area (Å²) in [5.74, 6) is -0.351. The molecule has 0 fully saturated rings. The first-order valence-corrected chi connectivity index (χ1v) is 6.93. The molecule has 3 heteroatoms. The fourth-order valence-electron chi connectivity index (χ4n) is 2.47. The van der Waals surface area contributed by atoms with Gasteiger partial charge in [-0.05, 0) is 35.6 Å². The zero-order valence-corrected chi connectivity index (χ0v) is 12.0. The molecule has 0 amide bonds. The average Bonchev–Trinajstić information content (AvgIpc) is 2.48. The minimum atomic E-state index is -0.669. The van der Waals surface area contributed by atoms with Gasteiger partial charge in [0.25, 0.3) is 0 Å². The molecule has 0 bridgehead atoms. The lowest BCUT2D eigenvalue weighted by Crippen LogP contribution is -2.33. The Balaban J connectivity index is 2.33. The predicted molar refractivity (Wildman–Crippen MR) is 79.2 cm³/mol. The van der Waals surface area contributed by atoms with Gasteiger partial charge in [0.05, 0.1) is 13.2 Å². The van der Waals surface area contributed by atoms with Crippen LogP contribution in [0.15, 0.2) is 48.1 Å². The molecule has 1 aromatic rings. The van der Waals surface area contributed by atoms with Crippen molar-refractivity contribution in [1.29, 1.82) is 0 Å². The van der Waals surface area contributed by atoms with Crippen molar-refractivity contribution >= 4 is 11.5 Å². The number of hydrogen-bond donors (Lipinski definition) is 0.